The number of carbonyl (C=O) groups is 2. The SMILES string of the molecule is CC(=O)OC(CO[Si](C)(C)C(C)(C)C)C/C(C)=C/c1cc(CO[Si](C)(C)C(C)(C)C)c(CC=O)o1. The molecule has 1 atom stereocenters. The van der Waals surface area contributed by atoms with Crippen molar-refractivity contribution in [2.45, 2.75) is 117 Å². The number of furan rings is 1. The van der Waals surface area contributed by atoms with Crippen LogP contribution >= 0.6 is 0 Å². The summed E-state index contributed by atoms with van der Waals surface area (Å²) >= 11 is 0. The van der Waals surface area contributed by atoms with Crippen molar-refractivity contribution in [2.24, 2.45) is 0 Å². The lowest BCUT2D eigenvalue weighted by Crippen LogP contribution is -2.43. The Morgan fingerprint density at radius 1 is 1.00 bits per heavy atom. The zero-order valence-corrected chi connectivity index (χ0v) is 26.1. The molecule has 0 saturated carbocycles. The van der Waals surface area contributed by atoms with E-state index in [0.717, 1.165) is 17.4 Å². The van der Waals surface area contributed by atoms with Gasteiger partial charge >= 0.3 is 5.97 Å². The Hall–Kier alpha value is -1.49. The van der Waals surface area contributed by atoms with E-state index in [-0.39, 0.29) is 28.6 Å². The van der Waals surface area contributed by atoms with Crippen LogP contribution in [-0.4, -0.2) is 41.6 Å². The smallest absolute Gasteiger partial charge is 0.302 e. The van der Waals surface area contributed by atoms with Crippen molar-refractivity contribution in [1.82, 2.24) is 0 Å². The van der Waals surface area contributed by atoms with Gasteiger partial charge in [0, 0.05) is 18.9 Å². The first-order chi connectivity index (χ1) is 15.8. The summed E-state index contributed by atoms with van der Waals surface area (Å²) in [5.41, 5.74) is 1.90. The summed E-state index contributed by atoms with van der Waals surface area (Å²) in [6, 6.07) is 1.95. The molecule has 1 rings (SSSR count). The first-order valence-corrected chi connectivity index (χ1v) is 18.3. The van der Waals surface area contributed by atoms with Crippen molar-refractivity contribution in [3.8, 4) is 0 Å². The van der Waals surface area contributed by atoms with Gasteiger partial charge in [0.25, 0.3) is 0 Å². The van der Waals surface area contributed by atoms with Crippen molar-refractivity contribution in [2.75, 3.05) is 6.61 Å². The lowest BCUT2D eigenvalue weighted by molar-refractivity contribution is -0.147. The molecule has 1 aromatic rings. The van der Waals surface area contributed by atoms with Crippen LogP contribution in [0.1, 0.15) is 78.9 Å². The summed E-state index contributed by atoms with van der Waals surface area (Å²) < 4.78 is 24.2. The number of hydrogen-bond donors (Lipinski definition) is 0. The molecule has 0 saturated heterocycles. The van der Waals surface area contributed by atoms with Crippen LogP contribution in [0.15, 0.2) is 16.1 Å². The summed E-state index contributed by atoms with van der Waals surface area (Å²) in [5.74, 6) is 0.980. The van der Waals surface area contributed by atoms with Gasteiger partial charge in [-0.1, -0.05) is 47.1 Å². The standard InChI is InChI=1S/C27H48O6Si2/c1-20(16-24(32-21(2)29)19-31-35(11,12)27(6,7)8)15-23-17-22(25(33-23)13-14-28)18-30-34(9,10)26(3,4)5/h14-15,17,24H,13,16,18-19H2,1-12H3/b20-15+. The predicted octanol–water partition coefficient (Wildman–Crippen LogP) is 7.29. The molecule has 0 radical (unpaired) electrons. The van der Waals surface area contributed by atoms with E-state index in [1.807, 2.05) is 19.1 Å². The molecule has 0 aromatic carbocycles. The van der Waals surface area contributed by atoms with Gasteiger partial charge in [0.1, 0.15) is 23.9 Å². The average Bonchev–Trinajstić information content (AvgIpc) is 3.03. The van der Waals surface area contributed by atoms with E-state index in [4.69, 9.17) is 18.0 Å². The van der Waals surface area contributed by atoms with Crippen molar-refractivity contribution in [3.05, 3.63) is 28.7 Å². The van der Waals surface area contributed by atoms with Crippen LogP contribution in [0.3, 0.4) is 0 Å². The first-order valence-electron chi connectivity index (χ1n) is 12.5. The second-order valence-electron chi connectivity index (χ2n) is 12.5. The molecule has 0 aliphatic rings. The Morgan fingerprint density at radius 3 is 2.03 bits per heavy atom. The van der Waals surface area contributed by atoms with E-state index in [0.29, 0.717) is 31.2 Å². The van der Waals surface area contributed by atoms with Crippen LogP contribution in [0.5, 0.6) is 0 Å². The van der Waals surface area contributed by atoms with Crippen LogP contribution in [0, 0.1) is 0 Å². The Bertz CT molecular complexity index is 884. The Balaban J connectivity index is 3.03. The molecule has 0 aliphatic carbocycles. The average molecular weight is 525 g/mol. The van der Waals surface area contributed by atoms with Crippen LogP contribution in [0.2, 0.25) is 36.3 Å². The highest BCUT2D eigenvalue weighted by molar-refractivity contribution is 6.74. The topological polar surface area (TPSA) is 75.0 Å². The number of hydrogen-bond acceptors (Lipinski definition) is 6. The second-order valence-corrected chi connectivity index (χ2v) is 22.1. The molecule has 0 spiro atoms. The Labute approximate surface area is 215 Å². The molecule has 35 heavy (non-hydrogen) atoms. The molecule has 1 unspecified atom stereocenters. The van der Waals surface area contributed by atoms with Crippen molar-refractivity contribution in [1.29, 1.82) is 0 Å². The normalized spacial score (nSPS) is 14.7. The van der Waals surface area contributed by atoms with Crippen molar-refractivity contribution >= 4 is 35.0 Å². The minimum absolute atomic E-state index is 0.0741. The second kappa shape index (κ2) is 12.2. The monoisotopic (exact) mass is 524 g/mol. The fourth-order valence-electron chi connectivity index (χ4n) is 2.95. The van der Waals surface area contributed by atoms with Gasteiger partial charge in [-0.25, -0.2) is 0 Å². The highest BCUT2D eigenvalue weighted by Crippen LogP contribution is 2.38. The molecule has 0 N–H and O–H groups in total. The Kier molecular flexibility index (Phi) is 11.0. The number of carbonyl (C=O) groups excluding carboxylic acids is 2. The maximum Gasteiger partial charge on any atom is 0.302 e. The maximum atomic E-state index is 11.7. The van der Waals surface area contributed by atoms with Crippen molar-refractivity contribution in [3.63, 3.8) is 0 Å². The molecule has 0 amide bonds. The lowest BCUT2D eigenvalue weighted by atomic mass is 10.1. The van der Waals surface area contributed by atoms with E-state index >= 15 is 0 Å². The van der Waals surface area contributed by atoms with Gasteiger partial charge in [-0.05, 0) is 55.3 Å². The summed E-state index contributed by atoms with van der Waals surface area (Å²) in [7, 11) is -3.91. The molecule has 0 aliphatic heterocycles. The summed E-state index contributed by atoms with van der Waals surface area (Å²) in [4.78, 5) is 22.9. The quantitative estimate of drug-likeness (QED) is 0.162. The van der Waals surface area contributed by atoms with Gasteiger partial charge in [-0.2, -0.15) is 0 Å². The third-order valence-corrected chi connectivity index (χ3v) is 16.3. The van der Waals surface area contributed by atoms with Crippen molar-refractivity contribution < 1.29 is 27.6 Å². The minimum atomic E-state index is -1.97. The van der Waals surface area contributed by atoms with Gasteiger partial charge in [0.05, 0.1) is 19.6 Å². The summed E-state index contributed by atoms with van der Waals surface area (Å²) in [5, 5.41) is 0.170. The number of esters is 1. The lowest BCUT2D eigenvalue weighted by Gasteiger charge is -2.37. The minimum Gasteiger partial charge on any atom is -0.461 e. The van der Waals surface area contributed by atoms with E-state index < -0.39 is 16.6 Å². The molecular weight excluding hydrogens is 476 g/mol. The molecule has 0 fully saturated rings. The van der Waals surface area contributed by atoms with E-state index in [1.54, 1.807) is 0 Å². The van der Waals surface area contributed by atoms with E-state index in [1.165, 1.54) is 6.92 Å². The van der Waals surface area contributed by atoms with Crippen LogP contribution in [0.4, 0.5) is 0 Å². The number of rotatable bonds is 12. The zero-order valence-electron chi connectivity index (χ0n) is 24.1. The Morgan fingerprint density at radius 2 is 1.54 bits per heavy atom. The molecular formula is C27H48O6Si2. The largest absolute Gasteiger partial charge is 0.461 e. The predicted molar refractivity (Wildman–Crippen MR) is 147 cm³/mol. The van der Waals surface area contributed by atoms with Gasteiger partial charge in [-0.3, -0.25) is 4.79 Å². The third kappa shape index (κ3) is 9.82. The highest BCUT2D eigenvalue weighted by Gasteiger charge is 2.38. The molecule has 8 heteroatoms. The zero-order chi connectivity index (χ0) is 27.2. The fourth-order valence-corrected chi connectivity index (χ4v) is 4.94. The molecule has 0 bridgehead atoms. The fraction of sp³-hybridized carbons (Fsp3) is 0.704. The summed E-state index contributed by atoms with van der Waals surface area (Å²) in [6.07, 6.45) is 3.16. The van der Waals surface area contributed by atoms with Crippen LogP contribution in [0.25, 0.3) is 6.08 Å². The molecule has 6 nitrogen and oxygen atoms in total. The maximum absolute atomic E-state index is 11.7. The third-order valence-electron chi connectivity index (χ3n) is 7.29. The van der Waals surface area contributed by atoms with Gasteiger partial charge in [-0.15, -0.1) is 0 Å². The van der Waals surface area contributed by atoms with Gasteiger partial charge in [0.2, 0.25) is 0 Å². The van der Waals surface area contributed by atoms with Crippen LogP contribution in [-0.2, 0) is 36.2 Å². The highest BCUT2D eigenvalue weighted by atomic mass is 28.4. The first kappa shape index (κ1) is 31.5. The van der Waals surface area contributed by atoms with E-state index in [9.17, 15) is 9.59 Å². The van der Waals surface area contributed by atoms with Gasteiger partial charge in [0.15, 0.2) is 16.6 Å². The van der Waals surface area contributed by atoms with E-state index in [2.05, 4.69) is 67.7 Å². The summed E-state index contributed by atoms with van der Waals surface area (Å²) in [6.45, 7) is 26.1. The van der Waals surface area contributed by atoms with Crippen LogP contribution < -0.4 is 0 Å². The molecule has 1 heterocycles. The molecule has 1 aromatic heterocycles. The van der Waals surface area contributed by atoms with Gasteiger partial charge < -0.3 is 22.8 Å². The number of ether oxygens (including phenoxy) is 1. The number of aldehydes is 1. The molecule has 200 valence electrons.